The van der Waals surface area contributed by atoms with Gasteiger partial charge in [0.2, 0.25) is 0 Å². The van der Waals surface area contributed by atoms with Crippen molar-refractivity contribution in [3.05, 3.63) is 22.8 Å². The van der Waals surface area contributed by atoms with E-state index in [0.29, 0.717) is 16.5 Å². The zero-order valence-corrected chi connectivity index (χ0v) is 12.8. The van der Waals surface area contributed by atoms with Crippen molar-refractivity contribution in [1.82, 2.24) is 9.88 Å². The SMILES string of the molecule is CCCNc1ccc(Cl)c(C(=O)N(C)C(C)CC)n1. The smallest absolute Gasteiger partial charge is 0.274 e. The first kappa shape index (κ1) is 15.8. The van der Waals surface area contributed by atoms with Crippen LogP contribution in [0.5, 0.6) is 0 Å². The van der Waals surface area contributed by atoms with Crippen molar-refractivity contribution in [2.75, 3.05) is 18.9 Å². The standard InChI is InChI=1S/C14H22ClN3O/c1-5-9-16-12-8-7-11(15)13(17-12)14(19)18(4)10(3)6-2/h7-8,10H,5-6,9H2,1-4H3,(H,16,17). The molecular formula is C14H22ClN3O. The number of pyridine rings is 1. The van der Waals surface area contributed by atoms with Crippen LogP contribution in [-0.2, 0) is 0 Å². The van der Waals surface area contributed by atoms with Crippen molar-refractivity contribution in [1.29, 1.82) is 0 Å². The Hall–Kier alpha value is -1.29. The van der Waals surface area contributed by atoms with Crippen LogP contribution >= 0.6 is 11.6 Å². The molecule has 1 atom stereocenters. The van der Waals surface area contributed by atoms with Crippen molar-refractivity contribution >= 4 is 23.3 Å². The van der Waals surface area contributed by atoms with Gasteiger partial charge in [0.05, 0.1) is 5.02 Å². The number of nitrogens with zero attached hydrogens (tertiary/aromatic N) is 2. The van der Waals surface area contributed by atoms with Crippen LogP contribution < -0.4 is 5.32 Å². The Morgan fingerprint density at radius 3 is 2.74 bits per heavy atom. The molecule has 0 aliphatic rings. The number of nitrogens with one attached hydrogen (secondary N) is 1. The maximum absolute atomic E-state index is 12.3. The lowest BCUT2D eigenvalue weighted by molar-refractivity contribution is 0.0735. The Morgan fingerprint density at radius 1 is 1.47 bits per heavy atom. The van der Waals surface area contributed by atoms with E-state index in [0.717, 1.165) is 19.4 Å². The minimum absolute atomic E-state index is 0.139. The van der Waals surface area contributed by atoms with E-state index in [4.69, 9.17) is 11.6 Å². The van der Waals surface area contributed by atoms with Crippen molar-refractivity contribution in [2.24, 2.45) is 0 Å². The van der Waals surface area contributed by atoms with Crippen LogP contribution in [0.4, 0.5) is 5.82 Å². The highest BCUT2D eigenvalue weighted by Crippen LogP contribution is 2.19. The average molecular weight is 284 g/mol. The zero-order chi connectivity index (χ0) is 14.4. The molecule has 1 rings (SSSR count). The van der Waals surface area contributed by atoms with Crippen LogP contribution in [0.15, 0.2) is 12.1 Å². The molecule has 0 aliphatic heterocycles. The third kappa shape index (κ3) is 4.10. The van der Waals surface area contributed by atoms with Crippen molar-refractivity contribution in [3.63, 3.8) is 0 Å². The Morgan fingerprint density at radius 2 is 2.16 bits per heavy atom. The fourth-order valence-electron chi connectivity index (χ4n) is 1.58. The maximum atomic E-state index is 12.3. The first-order chi connectivity index (χ1) is 9.01. The number of halogens is 1. The Balaban J connectivity index is 2.95. The molecule has 0 saturated carbocycles. The van der Waals surface area contributed by atoms with Crippen LogP contribution in [0.3, 0.4) is 0 Å². The van der Waals surface area contributed by atoms with E-state index >= 15 is 0 Å². The molecule has 1 aromatic heterocycles. The lowest BCUT2D eigenvalue weighted by Gasteiger charge is -2.24. The van der Waals surface area contributed by atoms with Gasteiger partial charge in [0.25, 0.3) is 5.91 Å². The first-order valence-corrected chi connectivity index (χ1v) is 7.06. The molecule has 0 aliphatic carbocycles. The van der Waals surface area contributed by atoms with Gasteiger partial charge in [0.1, 0.15) is 11.5 Å². The third-order valence-electron chi connectivity index (χ3n) is 3.18. The van der Waals surface area contributed by atoms with Crippen LogP contribution in [-0.4, -0.2) is 35.4 Å². The molecule has 4 nitrogen and oxygen atoms in total. The molecule has 0 spiro atoms. The van der Waals surface area contributed by atoms with Crippen LogP contribution in [0.2, 0.25) is 5.02 Å². The molecule has 1 aromatic rings. The summed E-state index contributed by atoms with van der Waals surface area (Å²) in [6.07, 6.45) is 1.90. The predicted molar refractivity (Wildman–Crippen MR) is 79.9 cm³/mol. The van der Waals surface area contributed by atoms with Crippen LogP contribution in [0.1, 0.15) is 44.1 Å². The van der Waals surface area contributed by atoms with E-state index in [1.807, 2.05) is 13.8 Å². The molecule has 0 saturated heterocycles. The van der Waals surface area contributed by atoms with Crippen molar-refractivity contribution < 1.29 is 4.79 Å². The molecule has 0 aromatic carbocycles. The Kier molecular flexibility index (Phi) is 6.09. The summed E-state index contributed by atoms with van der Waals surface area (Å²) >= 11 is 6.08. The molecule has 1 N–H and O–H groups in total. The molecule has 19 heavy (non-hydrogen) atoms. The summed E-state index contributed by atoms with van der Waals surface area (Å²) in [6.45, 7) is 6.95. The zero-order valence-electron chi connectivity index (χ0n) is 12.0. The van der Waals surface area contributed by atoms with Crippen LogP contribution in [0.25, 0.3) is 0 Å². The second kappa shape index (κ2) is 7.34. The summed E-state index contributed by atoms with van der Waals surface area (Å²) in [6, 6.07) is 3.67. The average Bonchev–Trinajstić information content (AvgIpc) is 2.43. The van der Waals surface area contributed by atoms with E-state index in [2.05, 4.69) is 17.2 Å². The molecular weight excluding hydrogens is 262 g/mol. The van der Waals surface area contributed by atoms with Gasteiger partial charge in [0, 0.05) is 19.6 Å². The van der Waals surface area contributed by atoms with Gasteiger partial charge in [0.15, 0.2) is 0 Å². The van der Waals surface area contributed by atoms with Gasteiger partial charge in [-0.15, -0.1) is 0 Å². The fraction of sp³-hybridized carbons (Fsp3) is 0.571. The summed E-state index contributed by atoms with van der Waals surface area (Å²) in [5.41, 5.74) is 0.311. The molecule has 1 heterocycles. The Labute approximate surface area is 120 Å². The second-order valence-electron chi connectivity index (χ2n) is 4.63. The summed E-state index contributed by atoms with van der Waals surface area (Å²) in [7, 11) is 1.78. The van der Waals surface area contributed by atoms with Gasteiger partial charge in [-0.2, -0.15) is 0 Å². The van der Waals surface area contributed by atoms with Gasteiger partial charge in [-0.25, -0.2) is 4.98 Å². The van der Waals surface area contributed by atoms with Crippen molar-refractivity contribution in [3.8, 4) is 0 Å². The van der Waals surface area contributed by atoms with E-state index in [1.54, 1.807) is 24.1 Å². The Bertz CT molecular complexity index is 437. The normalized spacial score (nSPS) is 12.1. The minimum atomic E-state index is -0.139. The highest BCUT2D eigenvalue weighted by molar-refractivity contribution is 6.33. The predicted octanol–water partition coefficient (Wildman–Crippen LogP) is 3.43. The molecule has 1 unspecified atom stereocenters. The van der Waals surface area contributed by atoms with Gasteiger partial charge < -0.3 is 10.2 Å². The number of rotatable bonds is 6. The number of carbonyl (C=O) groups excluding carboxylic acids is 1. The van der Waals surface area contributed by atoms with Gasteiger partial charge >= 0.3 is 0 Å². The minimum Gasteiger partial charge on any atom is -0.370 e. The summed E-state index contributed by atoms with van der Waals surface area (Å²) in [5.74, 6) is 0.548. The molecule has 0 radical (unpaired) electrons. The lowest BCUT2D eigenvalue weighted by atomic mass is 10.2. The molecule has 1 amide bonds. The number of carbonyl (C=O) groups is 1. The third-order valence-corrected chi connectivity index (χ3v) is 3.48. The quantitative estimate of drug-likeness (QED) is 0.870. The highest BCUT2D eigenvalue weighted by Gasteiger charge is 2.20. The topological polar surface area (TPSA) is 45.2 Å². The van der Waals surface area contributed by atoms with Gasteiger partial charge in [-0.1, -0.05) is 25.4 Å². The van der Waals surface area contributed by atoms with E-state index in [-0.39, 0.29) is 11.9 Å². The van der Waals surface area contributed by atoms with Crippen molar-refractivity contribution in [2.45, 2.75) is 39.7 Å². The number of hydrogen-bond donors (Lipinski definition) is 1. The second-order valence-corrected chi connectivity index (χ2v) is 5.03. The molecule has 0 fully saturated rings. The van der Waals surface area contributed by atoms with Crippen LogP contribution in [0, 0.1) is 0 Å². The number of aromatic nitrogens is 1. The number of amides is 1. The fourth-order valence-corrected chi connectivity index (χ4v) is 1.77. The summed E-state index contributed by atoms with van der Waals surface area (Å²) < 4.78 is 0. The van der Waals surface area contributed by atoms with E-state index < -0.39 is 0 Å². The molecule has 0 bridgehead atoms. The van der Waals surface area contributed by atoms with E-state index in [1.165, 1.54) is 0 Å². The monoisotopic (exact) mass is 283 g/mol. The number of anilines is 1. The number of hydrogen-bond acceptors (Lipinski definition) is 3. The first-order valence-electron chi connectivity index (χ1n) is 6.68. The molecule has 5 heteroatoms. The van der Waals surface area contributed by atoms with E-state index in [9.17, 15) is 4.79 Å². The van der Waals surface area contributed by atoms with Gasteiger partial charge in [-0.05, 0) is 31.9 Å². The largest absolute Gasteiger partial charge is 0.370 e. The highest BCUT2D eigenvalue weighted by atomic mass is 35.5. The molecule has 106 valence electrons. The summed E-state index contributed by atoms with van der Waals surface area (Å²) in [4.78, 5) is 18.3. The van der Waals surface area contributed by atoms with Gasteiger partial charge in [-0.3, -0.25) is 4.79 Å². The lowest BCUT2D eigenvalue weighted by Crippen LogP contribution is -2.35. The maximum Gasteiger partial charge on any atom is 0.274 e. The summed E-state index contributed by atoms with van der Waals surface area (Å²) in [5, 5.41) is 3.55.